The molecule has 40 heavy (non-hydrogen) atoms. The number of aryl methyl sites for hydroxylation is 2. The first-order valence-corrected chi connectivity index (χ1v) is 12.7. The Bertz CT molecular complexity index is 1620. The molecule has 8 nitrogen and oxygen atoms in total. The van der Waals surface area contributed by atoms with E-state index < -0.39 is 11.9 Å². The summed E-state index contributed by atoms with van der Waals surface area (Å²) in [5.41, 5.74) is 5.17. The summed E-state index contributed by atoms with van der Waals surface area (Å²) in [6.07, 6.45) is 2.95. The predicted molar refractivity (Wildman–Crippen MR) is 157 cm³/mol. The lowest BCUT2D eigenvalue weighted by atomic mass is 9.96. The van der Waals surface area contributed by atoms with Crippen LogP contribution in [-0.4, -0.2) is 38.2 Å². The van der Waals surface area contributed by atoms with Crippen molar-refractivity contribution in [3.8, 4) is 34.3 Å². The van der Waals surface area contributed by atoms with E-state index in [2.05, 4.69) is 5.32 Å². The Kier molecular flexibility index (Phi) is 8.60. The Labute approximate surface area is 237 Å². The minimum absolute atomic E-state index is 0.154. The molecule has 0 aliphatic carbocycles. The lowest BCUT2D eigenvalue weighted by Gasteiger charge is -2.19. The zero-order valence-electron chi connectivity index (χ0n) is 23.0. The summed E-state index contributed by atoms with van der Waals surface area (Å²) >= 11 is 6.64. The molecular weight excluding hydrogens is 532 g/mol. The standard InChI is InChI=1S/C31H29ClN2O6/c1-17-13-18(2)28-22(14-17)27(21-9-7-8-10-23(21)32)29(31(34-28)39-6)33-26(36)12-11-20-15-24(37-4)30(40-19(3)35)25(16-20)38-5/h7-16H,1-6H3,(H,33,36). The average Bonchev–Trinajstić information content (AvgIpc) is 2.92. The zero-order valence-corrected chi connectivity index (χ0v) is 23.8. The molecule has 1 aromatic heterocycles. The van der Waals surface area contributed by atoms with Crippen LogP contribution in [0.3, 0.4) is 0 Å². The summed E-state index contributed by atoms with van der Waals surface area (Å²) < 4.78 is 21.6. The van der Waals surface area contributed by atoms with Gasteiger partial charge in [0.25, 0.3) is 0 Å². The van der Waals surface area contributed by atoms with Crippen LogP contribution < -0.4 is 24.3 Å². The summed E-state index contributed by atoms with van der Waals surface area (Å²) in [5.74, 6) is 0.0193. The number of hydrogen-bond acceptors (Lipinski definition) is 7. The summed E-state index contributed by atoms with van der Waals surface area (Å²) in [4.78, 5) is 29.5. The van der Waals surface area contributed by atoms with Crippen LogP contribution in [0.25, 0.3) is 28.1 Å². The summed E-state index contributed by atoms with van der Waals surface area (Å²) in [5, 5.41) is 4.31. The van der Waals surface area contributed by atoms with Gasteiger partial charge >= 0.3 is 5.97 Å². The molecule has 0 radical (unpaired) electrons. The molecule has 4 aromatic rings. The van der Waals surface area contributed by atoms with Gasteiger partial charge in [-0.1, -0.05) is 41.4 Å². The maximum absolute atomic E-state index is 13.3. The number of carbonyl (C=O) groups is 2. The van der Waals surface area contributed by atoms with Crippen LogP contribution >= 0.6 is 11.6 Å². The average molecular weight is 561 g/mol. The number of benzene rings is 3. The molecular formula is C31H29ClN2O6. The number of nitrogens with zero attached hydrogens (tertiary/aromatic N) is 1. The number of ether oxygens (including phenoxy) is 4. The normalized spacial score (nSPS) is 11.0. The third-order valence-electron chi connectivity index (χ3n) is 6.13. The van der Waals surface area contributed by atoms with E-state index in [1.165, 1.54) is 34.3 Å². The number of esters is 1. The van der Waals surface area contributed by atoms with Gasteiger partial charge < -0.3 is 24.3 Å². The van der Waals surface area contributed by atoms with Crippen LogP contribution in [0.1, 0.15) is 23.6 Å². The molecule has 0 aliphatic heterocycles. The number of aromatic nitrogens is 1. The maximum Gasteiger partial charge on any atom is 0.308 e. The van der Waals surface area contributed by atoms with E-state index in [-0.39, 0.29) is 23.1 Å². The highest BCUT2D eigenvalue weighted by molar-refractivity contribution is 6.34. The minimum atomic E-state index is -0.517. The van der Waals surface area contributed by atoms with E-state index in [0.717, 1.165) is 27.6 Å². The van der Waals surface area contributed by atoms with Crippen molar-refractivity contribution in [2.24, 2.45) is 0 Å². The molecule has 0 aliphatic rings. The van der Waals surface area contributed by atoms with Crippen LogP contribution in [0.15, 0.2) is 54.6 Å². The monoisotopic (exact) mass is 560 g/mol. The van der Waals surface area contributed by atoms with Crippen LogP contribution in [0.5, 0.6) is 23.1 Å². The zero-order chi connectivity index (χ0) is 29.0. The number of rotatable bonds is 8. The van der Waals surface area contributed by atoms with Gasteiger partial charge in [0.05, 0.1) is 26.8 Å². The van der Waals surface area contributed by atoms with Gasteiger partial charge in [-0.2, -0.15) is 0 Å². The fourth-order valence-electron chi connectivity index (χ4n) is 4.48. The number of fused-ring (bicyclic) bond motifs is 1. The van der Waals surface area contributed by atoms with Gasteiger partial charge in [-0.15, -0.1) is 0 Å². The van der Waals surface area contributed by atoms with Crippen molar-refractivity contribution in [1.82, 2.24) is 4.98 Å². The Morgan fingerprint density at radius 2 is 1.62 bits per heavy atom. The van der Waals surface area contributed by atoms with Gasteiger partial charge in [0.2, 0.25) is 17.5 Å². The smallest absolute Gasteiger partial charge is 0.308 e. The van der Waals surface area contributed by atoms with Crippen LogP contribution in [-0.2, 0) is 9.59 Å². The second kappa shape index (κ2) is 12.1. The summed E-state index contributed by atoms with van der Waals surface area (Å²) in [6.45, 7) is 5.27. The van der Waals surface area contributed by atoms with Gasteiger partial charge in [-0.3, -0.25) is 9.59 Å². The molecule has 1 heterocycles. The van der Waals surface area contributed by atoms with E-state index in [1.54, 1.807) is 24.3 Å². The van der Waals surface area contributed by atoms with Crippen molar-refractivity contribution in [2.75, 3.05) is 26.6 Å². The maximum atomic E-state index is 13.3. The number of pyridine rings is 1. The molecule has 9 heteroatoms. The Hall–Kier alpha value is -4.56. The van der Waals surface area contributed by atoms with Gasteiger partial charge in [-0.05, 0) is 55.3 Å². The molecule has 206 valence electrons. The van der Waals surface area contributed by atoms with E-state index in [9.17, 15) is 9.59 Å². The first kappa shape index (κ1) is 28.4. The molecule has 0 atom stereocenters. The van der Waals surface area contributed by atoms with Crippen LogP contribution in [0.4, 0.5) is 5.69 Å². The van der Waals surface area contributed by atoms with Gasteiger partial charge in [0.15, 0.2) is 11.5 Å². The lowest BCUT2D eigenvalue weighted by Crippen LogP contribution is -2.12. The van der Waals surface area contributed by atoms with E-state index >= 15 is 0 Å². The number of methoxy groups -OCH3 is 3. The first-order valence-electron chi connectivity index (χ1n) is 12.3. The van der Waals surface area contributed by atoms with Crippen molar-refractivity contribution >= 4 is 46.1 Å². The fourth-order valence-corrected chi connectivity index (χ4v) is 4.71. The second-order valence-electron chi connectivity index (χ2n) is 9.00. The molecule has 0 saturated carbocycles. The van der Waals surface area contributed by atoms with E-state index in [4.69, 9.17) is 35.5 Å². The number of hydrogen-bond donors (Lipinski definition) is 1. The van der Waals surface area contributed by atoms with Crippen LogP contribution in [0, 0.1) is 13.8 Å². The van der Waals surface area contributed by atoms with Gasteiger partial charge in [-0.25, -0.2) is 4.98 Å². The van der Waals surface area contributed by atoms with E-state index in [1.807, 2.05) is 44.2 Å². The molecule has 4 rings (SSSR count). The topological polar surface area (TPSA) is 96.0 Å². The fraction of sp³-hybridized carbons (Fsp3) is 0.194. The van der Waals surface area contributed by atoms with Crippen LogP contribution in [0.2, 0.25) is 5.02 Å². The number of amides is 1. The Morgan fingerprint density at radius 1 is 0.950 bits per heavy atom. The van der Waals surface area contributed by atoms with Crippen molar-refractivity contribution in [3.63, 3.8) is 0 Å². The highest BCUT2D eigenvalue weighted by atomic mass is 35.5. The number of nitrogens with one attached hydrogen (secondary N) is 1. The third-order valence-corrected chi connectivity index (χ3v) is 6.46. The SMILES string of the molecule is COc1cc(C=CC(=O)Nc2c(OC)nc3c(C)cc(C)cc3c2-c2ccccc2Cl)cc(OC)c1OC(C)=O. The minimum Gasteiger partial charge on any atom is -0.493 e. The second-order valence-corrected chi connectivity index (χ2v) is 9.41. The Balaban J connectivity index is 1.80. The number of halogens is 1. The van der Waals surface area contributed by atoms with Gasteiger partial charge in [0, 0.05) is 34.5 Å². The molecule has 1 N–H and O–H groups in total. The molecule has 0 unspecified atom stereocenters. The molecule has 0 fully saturated rings. The van der Waals surface area contributed by atoms with Crippen molar-refractivity contribution in [3.05, 3.63) is 76.3 Å². The number of carbonyl (C=O) groups excluding carboxylic acids is 2. The molecule has 3 aromatic carbocycles. The Morgan fingerprint density at radius 3 is 2.23 bits per heavy atom. The summed E-state index contributed by atoms with van der Waals surface area (Å²) in [7, 11) is 4.39. The van der Waals surface area contributed by atoms with Gasteiger partial charge in [0.1, 0.15) is 5.69 Å². The van der Waals surface area contributed by atoms with E-state index in [0.29, 0.717) is 21.8 Å². The van der Waals surface area contributed by atoms with Crippen molar-refractivity contribution < 1.29 is 28.5 Å². The van der Waals surface area contributed by atoms with Crippen molar-refractivity contribution in [1.29, 1.82) is 0 Å². The van der Waals surface area contributed by atoms with Crippen molar-refractivity contribution in [2.45, 2.75) is 20.8 Å². The highest BCUT2D eigenvalue weighted by Gasteiger charge is 2.22. The third kappa shape index (κ3) is 5.87. The lowest BCUT2D eigenvalue weighted by molar-refractivity contribution is -0.132. The molecule has 0 spiro atoms. The highest BCUT2D eigenvalue weighted by Crippen LogP contribution is 2.44. The molecule has 1 amide bonds. The quantitative estimate of drug-likeness (QED) is 0.144. The summed E-state index contributed by atoms with van der Waals surface area (Å²) in [6, 6.07) is 14.7. The largest absolute Gasteiger partial charge is 0.493 e. The molecule has 0 bridgehead atoms. The first-order chi connectivity index (χ1) is 19.2. The number of anilines is 1. The molecule has 0 saturated heterocycles. The predicted octanol–water partition coefficient (Wildman–Crippen LogP) is 6.78.